The van der Waals surface area contributed by atoms with Gasteiger partial charge >= 0.3 is 0 Å². The first kappa shape index (κ1) is 15.8. The summed E-state index contributed by atoms with van der Waals surface area (Å²) in [6, 6.07) is 14.5. The molecular formula is C20H22N4O. The number of hydrogen-bond donors (Lipinski definition) is 1. The molecule has 0 unspecified atom stereocenters. The van der Waals surface area contributed by atoms with Gasteiger partial charge in [-0.1, -0.05) is 24.3 Å². The van der Waals surface area contributed by atoms with Crippen molar-refractivity contribution in [1.82, 2.24) is 9.97 Å². The molecule has 4 rings (SSSR count). The van der Waals surface area contributed by atoms with Crippen LogP contribution in [-0.2, 0) is 4.74 Å². The Morgan fingerprint density at radius 2 is 1.80 bits per heavy atom. The van der Waals surface area contributed by atoms with E-state index in [1.54, 1.807) is 0 Å². The molecule has 2 aromatic carbocycles. The predicted molar refractivity (Wildman–Crippen MR) is 102 cm³/mol. The molecule has 128 valence electrons. The van der Waals surface area contributed by atoms with E-state index in [1.807, 2.05) is 18.2 Å². The van der Waals surface area contributed by atoms with Gasteiger partial charge in [0, 0.05) is 24.2 Å². The Morgan fingerprint density at radius 3 is 2.64 bits per heavy atom. The van der Waals surface area contributed by atoms with Gasteiger partial charge in [0.25, 0.3) is 0 Å². The number of nitrogens with one attached hydrogen (secondary N) is 1. The Bertz CT molecular complexity index is 903. The van der Waals surface area contributed by atoms with Gasteiger partial charge in [0.1, 0.15) is 5.82 Å². The summed E-state index contributed by atoms with van der Waals surface area (Å²) in [7, 11) is 0. The Kier molecular flexibility index (Phi) is 4.24. The number of nitrogens with zero attached hydrogens (tertiary/aromatic N) is 3. The summed E-state index contributed by atoms with van der Waals surface area (Å²) in [6.45, 7) is 7.35. The van der Waals surface area contributed by atoms with Crippen LogP contribution in [0.2, 0.25) is 0 Å². The number of para-hydroxylation sites is 1. The standard InChI is InChI=1S/C20H22N4O/c1-14-7-8-15(2)18(13-14)22-20-21-17-6-4-3-5-16(17)19(23-20)24-9-11-25-12-10-24/h3-8,13H,9-12H2,1-2H3,(H,21,22,23). The molecule has 3 aromatic rings. The van der Waals surface area contributed by atoms with Gasteiger partial charge in [-0.25, -0.2) is 4.98 Å². The molecule has 2 heterocycles. The quantitative estimate of drug-likeness (QED) is 0.789. The minimum atomic E-state index is 0.633. The Hall–Kier alpha value is -2.66. The molecule has 1 fully saturated rings. The van der Waals surface area contributed by atoms with E-state index in [2.05, 4.69) is 48.3 Å². The van der Waals surface area contributed by atoms with E-state index in [4.69, 9.17) is 14.7 Å². The molecule has 5 nitrogen and oxygen atoms in total. The molecule has 1 aliphatic rings. The Labute approximate surface area is 147 Å². The lowest BCUT2D eigenvalue weighted by Gasteiger charge is -2.29. The number of aromatic nitrogens is 2. The van der Waals surface area contributed by atoms with Crippen molar-refractivity contribution in [2.24, 2.45) is 0 Å². The number of rotatable bonds is 3. The summed E-state index contributed by atoms with van der Waals surface area (Å²) in [5.74, 6) is 1.61. The second-order valence-corrected chi connectivity index (χ2v) is 6.43. The predicted octanol–water partition coefficient (Wildman–Crippen LogP) is 3.83. The van der Waals surface area contributed by atoms with Crippen LogP contribution in [0.15, 0.2) is 42.5 Å². The van der Waals surface area contributed by atoms with Crippen LogP contribution in [0, 0.1) is 13.8 Å². The number of benzene rings is 2. The van der Waals surface area contributed by atoms with Crippen LogP contribution in [0.3, 0.4) is 0 Å². The highest BCUT2D eigenvalue weighted by molar-refractivity contribution is 5.90. The van der Waals surface area contributed by atoms with Gasteiger partial charge < -0.3 is 15.0 Å². The first-order valence-electron chi connectivity index (χ1n) is 8.64. The lowest BCUT2D eigenvalue weighted by molar-refractivity contribution is 0.122. The van der Waals surface area contributed by atoms with Gasteiger partial charge in [0.2, 0.25) is 5.95 Å². The lowest BCUT2D eigenvalue weighted by atomic mass is 10.1. The van der Waals surface area contributed by atoms with Crippen molar-refractivity contribution in [2.45, 2.75) is 13.8 Å². The van der Waals surface area contributed by atoms with Crippen molar-refractivity contribution in [3.8, 4) is 0 Å². The summed E-state index contributed by atoms with van der Waals surface area (Å²) in [6.07, 6.45) is 0. The lowest BCUT2D eigenvalue weighted by Crippen LogP contribution is -2.37. The number of morpholine rings is 1. The van der Waals surface area contributed by atoms with Crippen molar-refractivity contribution in [1.29, 1.82) is 0 Å². The van der Waals surface area contributed by atoms with E-state index >= 15 is 0 Å². The van der Waals surface area contributed by atoms with Crippen LogP contribution < -0.4 is 10.2 Å². The number of hydrogen-bond acceptors (Lipinski definition) is 5. The van der Waals surface area contributed by atoms with Gasteiger partial charge in [0.05, 0.1) is 18.7 Å². The molecule has 0 spiro atoms. The largest absolute Gasteiger partial charge is 0.378 e. The molecule has 25 heavy (non-hydrogen) atoms. The molecule has 1 saturated heterocycles. The number of anilines is 3. The van der Waals surface area contributed by atoms with E-state index in [-0.39, 0.29) is 0 Å². The number of ether oxygens (including phenoxy) is 1. The van der Waals surface area contributed by atoms with Gasteiger partial charge in [-0.3, -0.25) is 0 Å². The molecule has 0 atom stereocenters. The molecule has 1 aliphatic heterocycles. The zero-order valence-corrected chi connectivity index (χ0v) is 14.6. The molecule has 0 bridgehead atoms. The maximum Gasteiger partial charge on any atom is 0.229 e. The third-order valence-electron chi connectivity index (χ3n) is 4.53. The van der Waals surface area contributed by atoms with Crippen LogP contribution in [0.5, 0.6) is 0 Å². The van der Waals surface area contributed by atoms with Gasteiger partial charge in [-0.05, 0) is 43.2 Å². The summed E-state index contributed by atoms with van der Waals surface area (Å²) >= 11 is 0. The van der Waals surface area contributed by atoms with E-state index in [0.717, 1.165) is 48.7 Å². The summed E-state index contributed by atoms with van der Waals surface area (Å²) in [4.78, 5) is 11.8. The second-order valence-electron chi connectivity index (χ2n) is 6.43. The van der Waals surface area contributed by atoms with Crippen molar-refractivity contribution in [3.05, 3.63) is 53.6 Å². The zero-order valence-electron chi connectivity index (χ0n) is 14.6. The fourth-order valence-electron chi connectivity index (χ4n) is 3.12. The minimum absolute atomic E-state index is 0.633. The minimum Gasteiger partial charge on any atom is -0.378 e. The summed E-state index contributed by atoms with van der Waals surface area (Å²) in [5.41, 5.74) is 4.38. The smallest absolute Gasteiger partial charge is 0.229 e. The van der Waals surface area contributed by atoms with Crippen LogP contribution in [0.4, 0.5) is 17.5 Å². The fraction of sp³-hybridized carbons (Fsp3) is 0.300. The van der Waals surface area contributed by atoms with Crippen LogP contribution in [0.1, 0.15) is 11.1 Å². The molecule has 0 saturated carbocycles. The molecule has 0 amide bonds. The highest BCUT2D eigenvalue weighted by Crippen LogP contribution is 2.28. The van der Waals surface area contributed by atoms with E-state index < -0.39 is 0 Å². The summed E-state index contributed by atoms with van der Waals surface area (Å²) in [5, 5.41) is 4.48. The van der Waals surface area contributed by atoms with Gasteiger partial charge in [-0.2, -0.15) is 4.98 Å². The molecular weight excluding hydrogens is 312 g/mol. The summed E-state index contributed by atoms with van der Waals surface area (Å²) < 4.78 is 5.49. The van der Waals surface area contributed by atoms with Gasteiger partial charge in [0.15, 0.2) is 0 Å². The average molecular weight is 334 g/mol. The van der Waals surface area contributed by atoms with Crippen molar-refractivity contribution >= 4 is 28.4 Å². The second kappa shape index (κ2) is 6.69. The molecule has 0 aliphatic carbocycles. The normalized spacial score (nSPS) is 14.7. The number of fused-ring (bicyclic) bond motifs is 1. The van der Waals surface area contributed by atoms with Crippen LogP contribution >= 0.6 is 0 Å². The van der Waals surface area contributed by atoms with Crippen LogP contribution in [0.25, 0.3) is 10.9 Å². The third-order valence-corrected chi connectivity index (χ3v) is 4.53. The fourth-order valence-corrected chi connectivity index (χ4v) is 3.12. The number of aryl methyl sites for hydroxylation is 2. The first-order valence-corrected chi connectivity index (χ1v) is 8.64. The average Bonchev–Trinajstić information content (AvgIpc) is 2.65. The van der Waals surface area contributed by atoms with E-state index in [1.165, 1.54) is 11.1 Å². The third kappa shape index (κ3) is 3.28. The topological polar surface area (TPSA) is 50.3 Å². The highest BCUT2D eigenvalue weighted by atomic mass is 16.5. The van der Waals surface area contributed by atoms with Crippen molar-refractivity contribution < 1.29 is 4.74 Å². The molecule has 0 radical (unpaired) electrons. The first-order chi connectivity index (χ1) is 12.2. The van der Waals surface area contributed by atoms with E-state index in [9.17, 15) is 0 Å². The zero-order chi connectivity index (χ0) is 17.2. The molecule has 1 aromatic heterocycles. The Morgan fingerprint density at radius 1 is 1.00 bits per heavy atom. The van der Waals surface area contributed by atoms with Crippen molar-refractivity contribution in [3.63, 3.8) is 0 Å². The van der Waals surface area contributed by atoms with Crippen LogP contribution in [-0.4, -0.2) is 36.3 Å². The monoisotopic (exact) mass is 334 g/mol. The maximum absolute atomic E-state index is 5.49. The van der Waals surface area contributed by atoms with Crippen molar-refractivity contribution in [2.75, 3.05) is 36.5 Å². The highest BCUT2D eigenvalue weighted by Gasteiger charge is 2.17. The SMILES string of the molecule is Cc1ccc(C)c(Nc2nc(N3CCOCC3)c3ccccc3n2)c1. The van der Waals surface area contributed by atoms with Gasteiger partial charge in [-0.15, -0.1) is 0 Å². The Balaban J connectivity index is 1.77. The maximum atomic E-state index is 5.49. The molecule has 1 N–H and O–H groups in total. The molecule has 5 heteroatoms. The van der Waals surface area contributed by atoms with E-state index in [0.29, 0.717) is 5.95 Å².